The van der Waals surface area contributed by atoms with Crippen molar-refractivity contribution in [3.8, 4) is 0 Å². The van der Waals surface area contributed by atoms with E-state index in [1.54, 1.807) is 6.92 Å². The maximum absolute atomic E-state index is 11.1. The van der Waals surface area contributed by atoms with Crippen LogP contribution in [0.25, 0.3) is 0 Å². The van der Waals surface area contributed by atoms with Crippen molar-refractivity contribution in [3.63, 3.8) is 0 Å². The van der Waals surface area contributed by atoms with E-state index in [4.69, 9.17) is 28.4 Å². The van der Waals surface area contributed by atoms with E-state index in [2.05, 4.69) is 6.92 Å². The highest BCUT2D eigenvalue weighted by Crippen LogP contribution is 2.12. The lowest BCUT2D eigenvalue weighted by atomic mass is 10.0. The van der Waals surface area contributed by atoms with E-state index in [1.807, 2.05) is 0 Å². The first kappa shape index (κ1) is 35.3. The van der Waals surface area contributed by atoms with Crippen LogP contribution in [0.4, 0.5) is 0 Å². The third kappa shape index (κ3) is 31.3. The van der Waals surface area contributed by atoms with Crippen molar-refractivity contribution in [2.75, 3.05) is 72.7 Å². The second-order valence-corrected chi connectivity index (χ2v) is 9.21. The molecule has 0 aromatic heterocycles. The van der Waals surface area contributed by atoms with Gasteiger partial charge in [0.05, 0.1) is 72.5 Å². The Kier molecular flexibility index (Phi) is 31.6. The summed E-state index contributed by atoms with van der Waals surface area (Å²) in [6.45, 7) is 10.0. The molecule has 0 saturated heterocycles. The molecular formula is C29H58O7. The van der Waals surface area contributed by atoms with Crippen molar-refractivity contribution in [1.82, 2.24) is 0 Å². The van der Waals surface area contributed by atoms with Gasteiger partial charge >= 0.3 is 5.97 Å². The summed E-state index contributed by atoms with van der Waals surface area (Å²) in [7, 11) is 0. The van der Waals surface area contributed by atoms with Crippen molar-refractivity contribution < 1.29 is 33.2 Å². The first-order valence-electron chi connectivity index (χ1n) is 14.9. The van der Waals surface area contributed by atoms with Gasteiger partial charge in [0, 0.05) is 6.61 Å². The highest BCUT2D eigenvalue weighted by atomic mass is 16.6. The maximum atomic E-state index is 11.1. The average Bonchev–Trinajstić information content (AvgIpc) is 2.88. The van der Waals surface area contributed by atoms with Gasteiger partial charge in [-0.3, -0.25) is 4.79 Å². The predicted molar refractivity (Wildman–Crippen MR) is 146 cm³/mol. The van der Waals surface area contributed by atoms with Gasteiger partial charge in [-0.2, -0.15) is 0 Å². The number of unbranched alkanes of at least 4 members (excludes halogenated alkanes) is 13. The zero-order chi connectivity index (χ0) is 26.2. The van der Waals surface area contributed by atoms with Gasteiger partial charge in [0.1, 0.15) is 0 Å². The third-order valence-corrected chi connectivity index (χ3v) is 5.89. The first-order chi connectivity index (χ1) is 17.8. The van der Waals surface area contributed by atoms with Crippen LogP contribution >= 0.6 is 0 Å². The molecule has 0 aliphatic carbocycles. The van der Waals surface area contributed by atoms with Crippen LogP contribution in [-0.4, -0.2) is 78.6 Å². The third-order valence-electron chi connectivity index (χ3n) is 5.89. The van der Waals surface area contributed by atoms with Gasteiger partial charge in [-0.05, 0) is 13.3 Å². The SMILES string of the molecule is CCCCCCCCCCCCCCCCOCCOCCOCCOCCOCCC(=O)OCC. The van der Waals surface area contributed by atoms with E-state index in [0.29, 0.717) is 66.1 Å². The summed E-state index contributed by atoms with van der Waals surface area (Å²) in [5.41, 5.74) is 0. The van der Waals surface area contributed by atoms with Gasteiger partial charge in [0.2, 0.25) is 0 Å². The second-order valence-electron chi connectivity index (χ2n) is 9.21. The fourth-order valence-electron chi connectivity index (χ4n) is 3.77. The predicted octanol–water partition coefficient (Wildman–Crippen LogP) is 6.50. The Morgan fingerprint density at radius 1 is 0.417 bits per heavy atom. The minimum absolute atomic E-state index is 0.231. The maximum Gasteiger partial charge on any atom is 0.308 e. The number of carbonyl (C=O) groups is 1. The van der Waals surface area contributed by atoms with Crippen LogP contribution in [0, 0.1) is 0 Å². The monoisotopic (exact) mass is 518 g/mol. The lowest BCUT2D eigenvalue weighted by Crippen LogP contribution is -2.14. The molecule has 7 nitrogen and oxygen atoms in total. The fraction of sp³-hybridized carbons (Fsp3) is 0.966. The van der Waals surface area contributed by atoms with Crippen molar-refractivity contribution in [1.29, 1.82) is 0 Å². The Morgan fingerprint density at radius 2 is 0.750 bits per heavy atom. The van der Waals surface area contributed by atoms with Gasteiger partial charge in [0.15, 0.2) is 0 Å². The molecule has 0 amide bonds. The molecule has 0 bridgehead atoms. The Morgan fingerprint density at radius 3 is 1.14 bits per heavy atom. The molecule has 7 heteroatoms. The molecule has 0 saturated carbocycles. The molecule has 0 aromatic rings. The van der Waals surface area contributed by atoms with E-state index in [0.717, 1.165) is 13.0 Å². The molecule has 0 N–H and O–H groups in total. The van der Waals surface area contributed by atoms with E-state index in [9.17, 15) is 4.79 Å². The van der Waals surface area contributed by atoms with Crippen molar-refractivity contribution in [3.05, 3.63) is 0 Å². The van der Waals surface area contributed by atoms with Gasteiger partial charge < -0.3 is 28.4 Å². The van der Waals surface area contributed by atoms with E-state index < -0.39 is 0 Å². The molecular weight excluding hydrogens is 460 g/mol. The molecule has 0 aliphatic heterocycles. The normalized spacial score (nSPS) is 11.3. The molecule has 0 radical (unpaired) electrons. The summed E-state index contributed by atoms with van der Waals surface area (Å²) in [6.07, 6.45) is 19.6. The molecule has 0 aliphatic rings. The summed E-state index contributed by atoms with van der Waals surface area (Å²) in [5, 5.41) is 0. The van der Waals surface area contributed by atoms with Crippen LogP contribution in [0.15, 0.2) is 0 Å². The Hall–Kier alpha value is -0.730. The largest absolute Gasteiger partial charge is 0.466 e. The lowest BCUT2D eigenvalue weighted by molar-refractivity contribution is -0.144. The lowest BCUT2D eigenvalue weighted by Gasteiger charge is -2.08. The topological polar surface area (TPSA) is 72.5 Å². The average molecular weight is 519 g/mol. The quantitative estimate of drug-likeness (QED) is 0.0765. The standard InChI is InChI=1S/C29H58O7/c1-3-5-6-7-8-9-10-11-12-13-14-15-16-17-19-31-21-23-33-25-27-35-28-26-34-24-22-32-20-18-29(30)36-4-2/h3-28H2,1-2H3. The summed E-state index contributed by atoms with van der Waals surface area (Å²) in [6, 6.07) is 0. The van der Waals surface area contributed by atoms with Crippen LogP contribution in [0.2, 0.25) is 0 Å². The van der Waals surface area contributed by atoms with Crippen LogP contribution in [-0.2, 0) is 33.2 Å². The van der Waals surface area contributed by atoms with Crippen molar-refractivity contribution in [2.24, 2.45) is 0 Å². The number of hydrogen-bond donors (Lipinski definition) is 0. The number of hydrogen-bond acceptors (Lipinski definition) is 7. The molecule has 36 heavy (non-hydrogen) atoms. The number of ether oxygens (including phenoxy) is 6. The smallest absolute Gasteiger partial charge is 0.308 e. The van der Waals surface area contributed by atoms with Gasteiger partial charge in [-0.25, -0.2) is 0 Å². The summed E-state index contributed by atoms with van der Waals surface area (Å²) < 4.78 is 32.2. The van der Waals surface area contributed by atoms with Crippen LogP contribution in [0.5, 0.6) is 0 Å². The molecule has 0 spiro atoms. The molecule has 0 rings (SSSR count). The Labute approximate surface area is 222 Å². The molecule has 0 atom stereocenters. The molecule has 0 aromatic carbocycles. The van der Waals surface area contributed by atoms with Crippen LogP contribution in [0.1, 0.15) is 110 Å². The van der Waals surface area contributed by atoms with Gasteiger partial charge in [-0.1, -0.05) is 90.4 Å². The number of esters is 1. The van der Waals surface area contributed by atoms with Gasteiger partial charge in [-0.15, -0.1) is 0 Å². The summed E-state index contributed by atoms with van der Waals surface area (Å²) >= 11 is 0. The first-order valence-corrected chi connectivity index (χ1v) is 14.9. The highest BCUT2D eigenvalue weighted by Gasteiger charge is 2.00. The molecule has 0 unspecified atom stereocenters. The van der Waals surface area contributed by atoms with E-state index in [1.165, 1.54) is 83.5 Å². The fourth-order valence-corrected chi connectivity index (χ4v) is 3.77. The van der Waals surface area contributed by atoms with Crippen molar-refractivity contribution >= 4 is 5.97 Å². The Bertz CT molecular complexity index is 420. The van der Waals surface area contributed by atoms with E-state index >= 15 is 0 Å². The van der Waals surface area contributed by atoms with Crippen molar-refractivity contribution in [2.45, 2.75) is 110 Å². The molecule has 216 valence electrons. The minimum atomic E-state index is -0.231. The van der Waals surface area contributed by atoms with Crippen LogP contribution in [0.3, 0.4) is 0 Å². The Balaban J connectivity index is 3.04. The number of rotatable bonds is 31. The summed E-state index contributed by atoms with van der Waals surface area (Å²) in [4.78, 5) is 11.1. The highest BCUT2D eigenvalue weighted by molar-refractivity contribution is 5.69. The zero-order valence-electron chi connectivity index (χ0n) is 23.7. The summed E-state index contributed by atoms with van der Waals surface area (Å²) in [5.74, 6) is -0.231. The number of carbonyl (C=O) groups excluding carboxylic acids is 1. The zero-order valence-corrected chi connectivity index (χ0v) is 23.7. The van der Waals surface area contributed by atoms with E-state index in [-0.39, 0.29) is 12.4 Å². The minimum Gasteiger partial charge on any atom is -0.466 e. The molecule has 0 fully saturated rings. The van der Waals surface area contributed by atoms with Crippen LogP contribution < -0.4 is 0 Å². The second kappa shape index (κ2) is 32.3. The van der Waals surface area contributed by atoms with Gasteiger partial charge in [0.25, 0.3) is 0 Å². The molecule has 0 heterocycles.